The molecule has 0 N–H and O–H groups in total. The van der Waals surface area contributed by atoms with Gasteiger partial charge in [0.25, 0.3) is 0 Å². The molecule has 0 amide bonds. The number of carbonyl (C=O) groups is 2. The molecule has 1 unspecified atom stereocenters. The van der Waals surface area contributed by atoms with Crippen LogP contribution in [-0.2, 0) is 32.7 Å². The van der Waals surface area contributed by atoms with Crippen LogP contribution in [0.25, 0.3) is 11.0 Å². The Bertz CT molecular complexity index is 908. The van der Waals surface area contributed by atoms with Gasteiger partial charge in [0.05, 0.1) is 30.7 Å². The van der Waals surface area contributed by atoms with Crippen molar-refractivity contribution in [2.75, 3.05) is 7.11 Å². The fraction of sp³-hybridized carbons (Fsp3) is 0.167. The van der Waals surface area contributed by atoms with E-state index in [1.807, 2.05) is 36.4 Å². The average Bonchev–Trinajstić information content (AvgIpc) is 2.98. The summed E-state index contributed by atoms with van der Waals surface area (Å²) in [7, 11) is 0.274. The Kier molecular flexibility index (Phi) is 5.04. The monoisotopic (exact) mass is 356 g/mol. The van der Waals surface area contributed by atoms with E-state index in [1.165, 1.54) is 11.7 Å². The molecule has 6 nitrogen and oxygen atoms in total. The van der Waals surface area contributed by atoms with Gasteiger partial charge in [-0.05, 0) is 12.1 Å². The van der Waals surface area contributed by atoms with E-state index in [1.54, 1.807) is 18.2 Å². The zero-order valence-corrected chi connectivity index (χ0v) is 14.4. The number of para-hydroxylation sites is 2. The summed E-state index contributed by atoms with van der Waals surface area (Å²) in [6, 6.07) is 16.7. The molecule has 25 heavy (non-hydrogen) atoms. The molecule has 0 fully saturated rings. The van der Waals surface area contributed by atoms with Gasteiger partial charge in [0.15, 0.2) is 16.6 Å². The number of fused-ring (bicyclic) bond motifs is 1. The van der Waals surface area contributed by atoms with Crippen LogP contribution in [0.5, 0.6) is 0 Å². The van der Waals surface area contributed by atoms with Crippen LogP contribution < -0.4 is 5.11 Å². The molecule has 7 heteroatoms. The summed E-state index contributed by atoms with van der Waals surface area (Å²) < 4.78 is 6.47. The lowest BCUT2D eigenvalue weighted by Crippen LogP contribution is -2.30. The van der Waals surface area contributed by atoms with E-state index >= 15 is 0 Å². The van der Waals surface area contributed by atoms with Gasteiger partial charge in [0.2, 0.25) is 0 Å². The van der Waals surface area contributed by atoms with Crippen molar-refractivity contribution in [3.05, 3.63) is 60.2 Å². The van der Waals surface area contributed by atoms with Gasteiger partial charge in [-0.1, -0.05) is 42.5 Å². The lowest BCUT2D eigenvalue weighted by Gasteiger charge is -2.09. The summed E-state index contributed by atoms with van der Waals surface area (Å²) in [4.78, 5) is 28.1. The number of nitrogens with zero attached hydrogens (tertiary/aromatic N) is 2. The number of imidazole rings is 1. The van der Waals surface area contributed by atoms with Gasteiger partial charge in [-0.3, -0.25) is 4.57 Å². The number of hydrogen-bond acceptors (Lipinski definition) is 5. The fourth-order valence-electron chi connectivity index (χ4n) is 2.56. The Balaban J connectivity index is 2.11. The Hall–Kier alpha value is -2.80. The second-order valence-corrected chi connectivity index (χ2v) is 7.08. The van der Waals surface area contributed by atoms with Crippen LogP contribution in [0, 0.1) is 0 Å². The van der Waals surface area contributed by atoms with Crippen LogP contribution in [0.4, 0.5) is 4.79 Å². The molecule has 3 aromatic rings. The summed E-state index contributed by atoms with van der Waals surface area (Å²) in [5.74, 6) is -0.846. The van der Waals surface area contributed by atoms with Crippen LogP contribution in [0.1, 0.15) is 5.56 Å². The maximum Gasteiger partial charge on any atom is 0.534 e. The molecule has 2 aromatic carbocycles. The van der Waals surface area contributed by atoms with E-state index < -0.39 is 22.2 Å². The quantitative estimate of drug-likeness (QED) is 0.513. The van der Waals surface area contributed by atoms with Gasteiger partial charge < -0.3 is 14.6 Å². The van der Waals surface area contributed by atoms with E-state index in [-0.39, 0.29) is 6.54 Å². The molecule has 0 bridgehead atoms. The van der Waals surface area contributed by atoms with Gasteiger partial charge in [0.1, 0.15) is 0 Å². The molecule has 0 aliphatic heterocycles. The molecule has 128 valence electrons. The third-order valence-electron chi connectivity index (χ3n) is 3.65. The first-order chi connectivity index (χ1) is 12.1. The summed E-state index contributed by atoms with van der Waals surface area (Å²) in [5, 5.41) is 11.2. The first-order valence-electron chi connectivity index (χ1n) is 7.58. The van der Waals surface area contributed by atoms with E-state index in [2.05, 4.69) is 4.98 Å². The van der Waals surface area contributed by atoms with Crippen molar-refractivity contribution in [2.45, 2.75) is 17.5 Å². The largest absolute Gasteiger partial charge is 0.548 e. The highest BCUT2D eigenvalue weighted by Gasteiger charge is 2.39. The van der Waals surface area contributed by atoms with Gasteiger partial charge in [-0.2, -0.15) is 9.78 Å². The molecular weight excluding hydrogens is 340 g/mol. The maximum atomic E-state index is 12.4. The molecule has 1 atom stereocenters. The van der Waals surface area contributed by atoms with E-state index in [4.69, 9.17) is 4.74 Å². The number of aliphatic carboxylic acids is 1. The lowest BCUT2D eigenvalue weighted by atomic mass is 10.2. The minimum Gasteiger partial charge on any atom is -0.548 e. The molecular formula is C18H16N2O4S. The molecule has 0 saturated carbocycles. The highest BCUT2D eigenvalue weighted by atomic mass is 32.2. The predicted octanol–water partition coefficient (Wildman–Crippen LogP) is 1.73. The summed E-state index contributed by atoms with van der Waals surface area (Å²) >= 11 is 0. The van der Waals surface area contributed by atoms with Crippen LogP contribution in [-0.4, -0.2) is 27.9 Å². The molecule has 1 heterocycles. The SMILES string of the molecule is COC(=O)[S+](Cc1ccccc1)c1nc2ccccc2n1CC(=O)[O-]. The van der Waals surface area contributed by atoms with Gasteiger partial charge >= 0.3 is 10.5 Å². The number of ether oxygens (including phenoxy) is 1. The lowest BCUT2D eigenvalue weighted by molar-refractivity contribution is -0.306. The molecule has 0 aliphatic carbocycles. The highest BCUT2D eigenvalue weighted by molar-refractivity contribution is 8.09. The maximum absolute atomic E-state index is 12.4. The zero-order chi connectivity index (χ0) is 17.8. The third kappa shape index (κ3) is 3.66. The van der Waals surface area contributed by atoms with Crippen LogP contribution in [0.15, 0.2) is 59.8 Å². The number of carboxylic acids is 1. The molecule has 0 spiro atoms. The first-order valence-corrected chi connectivity index (χ1v) is 8.97. The Morgan fingerprint density at radius 3 is 2.48 bits per heavy atom. The first kappa shape index (κ1) is 17.0. The van der Waals surface area contributed by atoms with E-state index in [0.717, 1.165) is 5.56 Å². The van der Waals surface area contributed by atoms with Gasteiger partial charge in [-0.15, -0.1) is 0 Å². The fourth-order valence-corrected chi connectivity index (χ4v) is 4.32. The third-order valence-corrected chi connectivity index (χ3v) is 5.59. The summed E-state index contributed by atoms with van der Waals surface area (Å²) in [6.07, 6.45) is 0. The van der Waals surface area contributed by atoms with E-state index in [0.29, 0.717) is 21.9 Å². The van der Waals surface area contributed by atoms with Gasteiger partial charge in [0, 0.05) is 5.56 Å². The van der Waals surface area contributed by atoms with Crippen molar-refractivity contribution in [1.29, 1.82) is 0 Å². The number of benzene rings is 2. The van der Waals surface area contributed by atoms with Crippen molar-refractivity contribution >= 4 is 33.2 Å². The number of aromatic nitrogens is 2. The number of rotatable bonds is 5. The molecule has 1 aromatic heterocycles. The predicted molar refractivity (Wildman–Crippen MR) is 92.9 cm³/mol. The van der Waals surface area contributed by atoms with Crippen molar-refractivity contribution in [1.82, 2.24) is 9.55 Å². The number of carbonyl (C=O) groups excluding carboxylic acids is 2. The number of carboxylic acid groups (broad SMARTS) is 1. The molecule has 0 saturated heterocycles. The second-order valence-electron chi connectivity index (χ2n) is 5.32. The normalized spacial score (nSPS) is 12.0. The summed E-state index contributed by atoms with van der Waals surface area (Å²) in [6.45, 7) is -0.370. The number of hydrogen-bond donors (Lipinski definition) is 0. The van der Waals surface area contributed by atoms with Crippen molar-refractivity contribution in [2.24, 2.45) is 0 Å². The summed E-state index contributed by atoms with van der Waals surface area (Å²) in [5.41, 5.74) is 2.23. The molecule has 3 rings (SSSR count). The van der Waals surface area contributed by atoms with Crippen molar-refractivity contribution in [3.8, 4) is 0 Å². The standard InChI is InChI=1S/C18H16N2O4S/c1-24-18(23)25(12-13-7-3-2-4-8-13)17-19-14-9-5-6-10-15(14)20(17)11-16(21)22/h2-10H,11-12H2,1H3. The Labute approximate surface area is 147 Å². The minimum atomic E-state index is -1.24. The Morgan fingerprint density at radius 1 is 1.12 bits per heavy atom. The van der Waals surface area contributed by atoms with Gasteiger partial charge in [-0.25, -0.2) is 0 Å². The number of methoxy groups -OCH3 is 1. The Morgan fingerprint density at radius 2 is 1.80 bits per heavy atom. The van der Waals surface area contributed by atoms with E-state index in [9.17, 15) is 14.7 Å². The second kappa shape index (κ2) is 7.40. The van der Waals surface area contributed by atoms with Crippen LogP contribution in [0.3, 0.4) is 0 Å². The minimum absolute atomic E-state index is 0.370. The zero-order valence-electron chi connectivity index (χ0n) is 13.5. The highest BCUT2D eigenvalue weighted by Crippen LogP contribution is 2.25. The average molecular weight is 356 g/mol. The van der Waals surface area contributed by atoms with Crippen molar-refractivity contribution < 1.29 is 19.4 Å². The molecule has 0 aliphatic rings. The molecule has 0 radical (unpaired) electrons. The van der Waals surface area contributed by atoms with Crippen molar-refractivity contribution in [3.63, 3.8) is 0 Å². The van der Waals surface area contributed by atoms with Crippen LogP contribution in [0.2, 0.25) is 0 Å². The topological polar surface area (TPSA) is 84.2 Å². The smallest absolute Gasteiger partial charge is 0.534 e. The van der Waals surface area contributed by atoms with Crippen LogP contribution >= 0.6 is 0 Å².